The second-order valence-corrected chi connectivity index (χ2v) is 6.95. The molecule has 2 aromatic rings. The van der Waals surface area contributed by atoms with Crippen molar-refractivity contribution in [2.24, 2.45) is 0 Å². The smallest absolute Gasteiger partial charge is 0.337 e. The Morgan fingerprint density at radius 1 is 1.21 bits per heavy atom. The summed E-state index contributed by atoms with van der Waals surface area (Å²) in [5.74, 6) is 0.454. The van der Waals surface area contributed by atoms with Gasteiger partial charge >= 0.3 is 5.97 Å². The van der Waals surface area contributed by atoms with Gasteiger partial charge < -0.3 is 19.9 Å². The molecule has 1 aliphatic carbocycles. The third-order valence-corrected chi connectivity index (χ3v) is 4.92. The standard InChI is InChI=1S/C22H27NO4.ClH/c1-26-22(25)17-11-10-16-6-5-7-19(13-18(16)12-17)23-14-20(24)15-27-21-8-3-2-4-9-21;/h2-4,8-12,19-20,23-24H,5-7,13-15H2,1H3;1H/t19?,20-;/m0./s1. The van der Waals surface area contributed by atoms with E-state index in [0.717, 1.165) is 31.4 Å². The van der Waals surface area contributed by atoms with E-state index in [0.29, 0.717) is 12.1 Å². The van der Waals surface area contributed by atoms with Crippen LogP contribution in [0.3, 0.4) is 0 Å². The lowest BCUT2D eigenvalue weighted by Crippen LogP contribution is -2.39. The van der Waals surface area contributed by atoms with Crippen molar-refractivity contribution >= 4 is 18.4 Å². The van der Waals surface area contributed by atoms with Crippen molar-refractivity contribution in [2.75, 3.05) is 20.3 Å². The number of aryl methyl sites for hydroxylation is 1. The molecule has 0 aromatic heterocycles. The number of rotatable bonds is 7. The number of nitrogens with one attached hydrogen (secondary N) is 1. The summed E-state index contributed by atoms with van der Waals surface area (Å²) in [6, 6.07) is 15.6. The van der Waals surface area contributed by atoms with E-state index in [1.54, 1.807) is 0 Å². The average molecular weight is 406 g/mol. The first-order chi connectivity index (χ1) is 13.2. The van der Waals surface area contributed by atoms with Crippen molar-refractivity contribution in [3.05, 3.63) is 65.2 Å². The van der Waals surface area contributed by atoms with E-state index >= 15 is 0 Å². The van der Waals surface area contributed by atoms with E-state index in [9.17, 15) is 9.90 Å². The Hall–Kier alpha value is -2.08. The van der Waals surface area contributed by atoms with Crippen LogP contribution in [0.4, 0.5) is 0 Å². The van der Waals surface area contributed by atoms with Gasteiger partial charge in [-0.3, -0.25) is 0 Å². The summed E-state index contributed by atoms with van der Waals surface area (Å²) in [6.07, 6.45) is 3.39. The number of hydrogen-bond donors (Lipinski definition) is 2. The topological polar surface area (TPSA) is 67.8 Å². The highest BCUT2D eigenvalue weighted by Gasteiger charge is 2.19. The van der Waals surface area contributed by atoms with Gasteiger partial charge in [-0.1, -0.05) is 24.3 Å². The third-order valence-electron chi connectivity index (χ3n) is 4.92. The van der Waals surface area contributed by atoms with Crippen LogP contribution in [-0.2, 0) is 17.6 Å². The molecule has 5 nitrogen and oxygen atoms in total. The molecule has 6 heteroatoms. The van der Waals surface area contributed by atoms with Gasteiger partial charge in [0.1, 0.15) is 18.5 Å². The SMILES string of the molecule is COC(=O)c1ccc2c(c1)CC(NC[C@H](O)COc1ccccc1)CCC2.Cl. The Morgan fingerprint density at radius 3 is 2.75 bits per heavy atom. The molecule has 0 radical (unpaired) electrons. The van der Waals surface area contributed by atoms with E-state index in [1.165, 1.54) is 18.2 Å². The number of hydrogen-bond acceptors (Lipinski definition) is 5. The number of benzene rings is 2. The summed E-state index contributed by atoms with van der Waals surface area (Å²) in [5.41, 5.74) is 3.07. The van der Waals surface area contributed by atoms with E-state index in [4.69, 9.17) is 9.47 Å². The Kier molecular flexibility index (Phi) is 8.77. The van der Waals surface area contributed by atoms with Gasteiger partial charge in [-0.2, -0.15) is 0 Å². The maximum absolute atomic E-state index is 11.8. The van der Waals surface area contributed by atoms with Crippen LogP contribution in [-0.4, -0.2) is 43.5 Å². The van der Waals surface area contributed by atoms with Crippen LogP contribution in [0.2, 0.25) is 0 Å². The Morgan fingerprint density at radius 2 is 2.00 bits per heavy atom. The first-order valence-electron chi connectivity index (χ1n) is 9.45. The Balaban J connectivity index is 0.00000280. The zero-order chi connectivity index (χ0) is 19.1. The minimum absolute atomic E-state index is 0. The molecule has 0 amide bonds. The second kappa shape index (κ2) is 11.1. The van der Waals surface area contributed by atoms with E-state index in [1.807, 2.05) is 48.5 Å². The minimum Gasteiger partial charge on any atom is -0.491 e. The number of esters is 1. The molecule has 0 saturated carbocycles. The molecule has 152 valence electrons. The molecule has 0 bridgehead atoms. The van der Waals surface area contributed by atoms with Crippen molar-refractivity contribution in [1.29, 1.82) is 0 Å². The lowest BCUT2D eigenvalue weighted by molar-refractivity contribution is 0.0600. The van der Waals surface area contributed by atoms with Gasteiger partial charge in [-0.05, 0) is 61.1 Å². The molecule has 1 aliphatic rings. The van der Waals surface area contributed by atoms with Crippen LogP contribution < -0.4 is 10.1 Å². The number of carbonyl (C=O) groups is 1. The summed E-state index contributed by atoms with van der Waals surface area (Å²) in [7, 11) is 1.40. The fourth-order valence-electron chi connectivity index (χ4n) is 3.46. The second-order valence-electron chi connectivity index (χ2n) is 6.95. The van der Waals surface area contributed by atoms with Crippen molar-refractivity contribution in [3.63, 3.8) is 0 Å². The van der Waals surface area contributed by atoms with Crippen molar-refractivity contribution in [2.45, 2.75) is 37.8 Å². The van der Waals surface area contributed by atoms with Crippen LogP contribution in [0, 0.1) is 0 Å². The number of para-hydroxylation sites is 1. The van der Waals surface area contributed by atoms with E-state index in [2.05, 4.69) is 5.32 Å². The van der Waals surface area contributed by atoms with Gasteiger partial charge in [0.15, 0.2) is 0 Å². The zero-order valence-corrected chi connectivity index (χ0v) is 16.9. The molecule has 1 unspecified atom stereocenters. The summed E-state index contributed by atoms with van der Waals surface area (Å²) < 4.78 is 10.4. The molecular formula is C22H28ClNO4. The number of ether oxygens (including phenoxy) is 2. The van der Waals surface area contributed by atoms with Gasteiger partial charge in [-0.25, -0.2) is 4.79 Å². The molecule has 3 rings (SSSR count). The summed E-state index contributed by atoms with van der Waals surface area (Å²) >= 11 is 0. The Labute approximate surface area is 172 Å². The minimum atomic E-state index is -0.575. The number of aliphatic hydroxyl groups is 1. The zero-order valence-electron chi connectivity index (χ0n) is 16.1. The molecule has 0 fully saturated rings. The summed E-state index contributed by atoms with van der Waals surface area (Å²) in [5, 5.41) is 13.7. The van der Waals surface area contributed by atoms with Crippen molar-refractivity contribution in [1.82, 2.24) is 5.32 Å². The van der Waals surface area contributed by atoms with Crippen molar-refractivity contribution in [3.8, 4) is 5.75 Å². The van der Waals surface area contributed by atoms with Crippen LogP contribution in [0.5, 0.6) is 5.75 Å². The normalized spacial score (nSPS) is 16.9. The molecule has 28 heavy (non-hydrogen) atoms. The lowest BCUT2D eigenvalue weighted by Gasteiger charge is -2.20. The predicted molar refractivity (Wildman–Crippen MR) is 111 cm³/mol. The van der Waals surface area contributed by atoms with E-state index in [-0.39, 0.29) is 31.0 Å². The maximum atomic E-state index is 11.8. The molecule has 2 aromatic carbocycles. The number of carbonyl (C=O) groups excluding carboxylic acids is 1. The van der Waals surface area contributed by atoms with Crippen molar-refractivity contribution < 1.29 is 19.4 Å². The van der Waals surface area contributed by atoms with Gasteiger partial charge in [0.05, 0.1) is 12.7 Å². The number of aliphatic hydroxyl groups excluding tert-OH is 1. The molecule has 0 aliphatic heterocycles. The largest absolute Gasteiger partial charge is 0.491 e. The fourth-order valence-corrected chi connectivity index (χ4v) is 3.46. The van der Waals surface area contributed by atoms with E-state index < -0.39 is 6.10 Å². The highest BCUT2D eigenvalue weighted by Crippen LogP contribution is 2.22. The average Bonchev–Trinajstić information content (AvgIpc) is 2.92. The number of halogens is 1. The fraction of sp³-hybridized carbons (Fsp3) is 0.409. The number of fused-ring (bicyclic) bond motifs is 1. The van der Waals surface area contributed by atoms with Gasteiger partial charge in [0.25, 0.3) is 0 Å². The monoisotopic (exact) mass is 405 g/mol. The molecule has 2 N–H and O–H groups in total. The third kappa shape index (κ3) is 6.23. The first kappa shape index (κ1) is 22.2. The van der Waals surface area contributed by atoms with Gasteiger partial charge in [0.2, 0.25) is 0 Å². The summed E-state index contributed by atoms with van der Waals surface area (Å²) in [4.78, 5) is 11.8. The van der Waals surface area contributed by atoms with Crippen LogP contribution in [0.15, 0.2) is 48.5 Å². The van der Waals surface area contributed by atoms with Crippen LogP contribution in [0.1, 0.15) is 34.3 Å². The molecule has 2 atom stereocenters. The van der Waals surface area contributed by atoms with Crippen LogP contribution >= 0.6 is 12.4 Å². The highest BCUT2D eigenvalue weighted by atomic mass is 35.5. The van der Waals surface area contributed by atoms with Gasteiger partial charge in [0, 0.05) is 12.6 Å². The summed E-state index contributed by atoms with van der Waals surface area (Å²) in [6.45, 7) is 0.732. The Bertz CT molecular complexity index is 753. The van der Waals surface area contributed by atoms with Crippen LogP contribution in [0.25, 0.3) is 0 Å². The first-order valence-corrected chi connectivity index (χ1v) is 9.45. The maximum Gasteiger partial charge on any atom is 0.337 e. The van der Waals surface area contributed by atoms with Gasteiger partial charge in [-0.15, -0.1) is 12.4 Å². The quantitative estimate of drug-likeness (QED) is 0.547. The predicted octanol–water partition coefficient (Wildman–Crippen LogP) is 3.17. The lowest BCUT2D eigenvalue weighted by atomic mass is 9.99. The molecule has 0 spiro atoms. The highest BCUT2D eigenvalue weighted by molar-refractivity contribution is 5.89. The number of methoxy groups -OCH3 is 1. The molecule has 0 saturated heterocycles. The molecule has 0 heterocycles. The molecular weight excluding hydrogens is 378 g/mol.